The number of likely N-dealkylation sites (tertiary alicyclic amines) is 1. The maximum Gasteiger partial charge on any atom is 0.410 e. The Bertz CT molecular complexity index is 1220. The Balaban J connectivity index is 1.41. The number of nitrogens with zero attached hydrogens (tertiary/aromatic N) is 3. The number of amides is 1. The van der Waals surface area contributed by atoms with Gasteiger partial charge in [0.25, 0.3) is 0 Å². The van der Waals surface area contributed by atoms with E-state index in [1.807, 2.05) is 65.3 Å². The van der Waals surface area contributed by atoms with Crippen LogP contribution in [-0.4, -0.2) is 26.9 Å². The normalized spacial score (nSPS) is 16.0. The first-order valence-electron chi connectivity index (χ1n) is 10.4. The predicted molar refractivity (Wildman–Crippen MR) is 116 cm³/mol. The van der Waals surface area contributed by atoms with Crippen molar-refractivity contribution >= 4 is 11.7 Å². The van der Waals surface area contributed by atoms with Crippen LogP contribution in [0.4, 0.5) is 9.18 Å². The zero-order chi connectivity index (χ0) is 21.2. The van der Waals surface area contributed by atoms with Gasteiger partial charge in [-0.15, -0.1) is 0 Å². The second kappa shape index (κ2) is 8.22. The van der Waals surface area contributed by atoms with Crippen molar-refractivity contribution in [2.75, 3.05) is 6.54 Å². The first-order chi connectivity index (χ1) is 15.2. The lowest BCUT2D eigenvalue weighted by molar-refractivity contribution is 0.0915. The van der Waals surface area contributed by atoms with Crippen molar-refractivity contribution in [3.8, 4) is 11.1 Å². The zero-order valence-electron chi connectivity index (χ0n) is 16.9. The number of halogens is 1. The number of rotatable bonds is 4. The van der Waals surface area contributed by atoms with Crippen molar-refractivity contribution in [3.05, 3.63) is 96.2 Å². The molecular formula is C25H22FN3O2. The molecule has 4 aromatic rings. The van der Waals surface area contributed by atoms with E-state index in [0.29, 0.717) is 17.8 Å². The van der Waals surface area contributed by atoms with Crippen molar-refractivity contribution in [1.82, 2.24) is 14.3 Å². The second-order valence-electron chi connectivity index (χ2n) is 7.69. The van der Waals surface area contributed by atoms with Gasteiger partial charge >= 0.3 is 6.09 Å². The van der Waals surface area contributed by atoms with Gasteiger partial charge in [0.15, 0.2) is 0 Å². The largest absolute Gasteiger partial charge is 0.445 e. The van der Waals surface area contributed by atoms with Crippen LogP contribution in [0, 0.1) is 5.82 Å². The fourth-order valence-corrected chi connectivity index (χ4v) is 4.18. The minimum absolute atomic E-state index is 0.156. The molecule has 1 aliphatic heterocycles. The standard InChI is InChI=1S/C25H22FN3O2/c26-21-12-5-4-10-19(21)20-11-6-14-28-16-22(27-24(20)28)23-13-7-15-29(23)25(30)31-17-18-8-2-1-3-9-18/h1-6,8-12,14,16,23H,7,13,15,17H2/t23-/m0/s1. The molecule has 0 bridgehead atoms. The molecule has 1 saturated heterocycles. The summed E-state index contributed by atoms with van der Waals surface area (Å²) in [5.74, 6) is -0.285. The molecule has 1 aliphatic rings. The summed E-state index contributed by atoms with van der Waals surface area (Å²) in [4.78, 5) is 19.3. The Kier molecular flexibility index (Phi) is 5.12. The van der Waals surface area contributed by atoms with Gasteiger partial charge in [-0.1, -0.05) is 48.5 Å². The molecule has 0 radical (unpaired) electrons. The number of pyridine rings is 1. The maximum absolute atomic E-state index is 14.4. The molecule has 1 amide bonds. The molecular weight excluding hydrogens is 393 g/mol. The summed E-state index contributed by atoms with van der Waals surface area (Å²) in [7, 11) is 0. The number of imidazole rings is 1. The van der Waals surface area contributed by atoms with Crippen molar-refractivity contribution in [1.29, 1.82) is 0 Å². The number of aromatic nitrogens is 2. The third-order valence-corrected chi connectivity index (χ3v) is 5.70. The maximum atomic E-state index is 14.4. The van der Waals surface area contributed by atoms with Gasteiger partial charge in [-0.25, -0.2) is 14.2 Å². The number of fused-ring (bicyclic) bond motifs is 1. The molecule has 5 rings (SSSR count). The second-order valence-corrected chi connectivity index (χ2v) is 7.69. The molecule has 3 heterocycles. The summed E-state index contributed by atoms with van der Waals surface area (Å²) in [6.45, 7) is 0.873. The van der Waals surface area contributed by atoms with Crippen molar-refractivity contribution in [2.45, 2.75) is 25.5 Å². The Labute approximate surface area is 179 Å². The van der Waals surface area contributed by atoms with Crippen LogP contribution in [0.25, 0.3) is 16.8 Å². The summed E-state index contributed by atoms with van der Waals surface area (Å²) >= 11 is 0. The number of carbonyl (C=O) groups excluding carboxylic acids is 1. The molecule has 1 atom stereocenters. The fraction of sp³-hybridized carbons (Fsp3) is 0.200. The highest BCUT2D eigenvalue weighted by atomic mass is 19.1. The van der Waals surface area contributed by atoms with Crippen LogP contribution in [0.1, 0.15) is 30.1 Å². The van der Waals surface area contributed by atoms with Gasteiger partial charge in [0.2, 0.25) is 0 Å². The Morgan fingerprint density at radius 3 is 2.65 bits per heavy atom. The van der Waals surface area contributed by atoms with E-state index in [4.69, 9.17) is 9.72 Å². The SMILES string of the molecule is O=C(OCc1ccccc1)N1CCC[C@H]1c1cn2cccc(-c3ccccc3F)c2n1. The lowest BCUT2D eigenvalue weighted by Gasteiger charge is -2.22. The summed E-state index contributed by atoms with van der Waals surface area (Å²) in [5.41, 5.74) is 3.65. The van der Waals surface area contributed by atoms with Gasteiger partial charge in [-0.2, -0.15) is 0 Å². The highest BCUT2D eigenvalue weighted by molar-refractivity contribution is 5.78. The molecule has 0 aliphatic carbocycles. The lowest BCUT2D eigenvalue weighted by atomic mass is 10.1. The van der Waals surface area contributed by atoms with E-state index in [1.54, 1.807) is 17.0 Å². The smallest absolute Gasteiger partial charge is 0.410 e. The monoisotopic (exact) mass is 415 g/mol. The van der Waals surface area contributed by atoms with Gasteiger partial charge in [0.05, 0.1) is 11.7 Å². The van der Waals surface area contributed by atoms with Crippen molar-refractivity contribution < 1.29 is 13.9 Å². The average Bonchev–Trinajstić information content (AvgIpc) is 3.45. The molecule has 2 aromatic carbocycles. The summed E-state index contributed by atoms with van der Waals surface area (Å²) in [5, 5.41) is 0. The van der Waals surface area contributed by atoms with Crippen LogP contribution in [0.5, 0.6) is 0 Å². The first kappa shape index (κ1) is 19.3. The number of ether oxygens (including phenoxy) is 1. The molecule has 6 heteroatoms. The highest BCUT2D eigenvalue weighted by Crippen LogP contribution is 2.34. The Morgan fingerprint density at radius 2 is 1.81 bits per heavy atom. The van der Waals surface area contributed by atoms with Gasteiger partial charge in [-0.05, 0) is 36.6 Å². The molecule has 31 heavy (non-hydrogen) atoms. The molecule has 0 unspecified atom stereocenters. The summed E-state index contributed by atoms with van der Waals surface area (Å²) in [6.07, 6.45) is 5.19. The Morgan fingerprint density at radius 1 is 1.03 bits per heavy atom. The van der Waals surface area contributed by atoms with E-state index in [9.17, 15) is 9.18 Å². The zero-order valence-corrected chi connectivity index (χ0v) is 16.9. The van der Waals surface area contributed by atoms with E-state index in [-0.39, 0.29) is 24.6 Å². The lowest BCUT2D eigenvalue weighted by Crippen LogP contribution is -2.31. The van der Waals surface area contributed by atoms with Crippen LogP contribution < -0.4 is 0 Å². The van der Waals surface area contributed by atoms with Crippen LogP contribution >= 0.6 is 0 Å². The van der Waals surface area contributed by atoms with Crippen LogP contribution in [0.3, 0.4) is 0 Å². The minimum Gasteiger partial charge on any atom is -0.445 e. The number of benzene rings is 2. The predicted octanol–water partition coefficient (Wildman–Crippen LogP) is 5.61. The summed E-state index contributed by atoms with van der Waals surface area (Å²) < 4.78 is 21.8. The third kappa shape index (κ3) is 3.77. The van der Waals surface area contributed by atoms with E-state index >= 15 is 0 Å². The topological polar surface area (TPSA) is 46.8 Å². The van der Waals surface area contributed by atoms with Crippen LogP contribution in [0.15, 0.2) is 79.1 Å². The average molecular weight is 415 g/mol. The van der Waals surface area contributed by atoms with Crippen molar-refractivity contribution in [3.63, 3.8) is 0 Å². The van der Waals surface area contributed by atoms with Gasteiger partial charge < -0.3 is 9.14 Å². The number of carbonyl (C=O) groups is 1. The van der Waals surface area contributed by atoms with Gasteiger partial charge in [0.1, 0.15) is 18.1 Å². The quantitative estimate of drug-likeness (QED) is 0.435. The van der Waals surface area contributed by atoms with E-state index < -0.39 is 0 Å². The fourth-order valence-electron chi connectivity index (χ4n) is 4.18. The minimum atomic E-state index is -0.335. The molecule has 5 nitrogen and oxygen atoms in total. The first-order valence-corrected chi connectivity index (χ1v) is 10.4. The van der Waals surface area contributed by atoms with E-state index in [2.05, 4.69) is 0 Å². The van der Waals surface area contributed by atoms with E-state index in [1.165, 1.54) is 6.07 Å². The van der Waals surface area contributed by atoms with Crippen LogP contribution in [0.2, 0.25) is 0 Å². The number of hydrogen-bond donors (Lipinski definition) is 0. The molecule has 156 valence electrons. The Hall–Kier alpha value is -3.67. The molecule has 2 aromatic heterocycles. The van der Waals surface area contributed by atoms with Crippen molar-refractivity contribution in [2.24, 2.45) is 0 Å². The van der Waals surface area contributed by atoms with Crippen LogP contribution in [-0.2, 0) is 11.3 Å². The van der Waals surface area contributed by atoms with Gasteiger partial charge in [-0.3, -0.25) is 4.90 Å². The molecule has 0 N–H and O–H groups in total. The molecule has 0 spiro atoms. The highest BCUT2D eigenvalue weighted by Gasteiger charge is 2.33. The summed E-state index contributed by atoms with van der Waals surface area (Å²) in [6, 6.07) is 19.9. The molecule has 1 fully saturated rings. The number of hydrogen-bond acceptors (Lipinski definition) is 3. The third-order valence-electron chi connectivity index (χ3n) is 5.70. The van der Waals surface area contributed by atoms with E-state index in [0.717, 1.165) is 29.7 Å². The van der Waals surface area contributed by atoms with Gasteiger partial charge in [0, 0.05) is 30.1 Å². The molecule has 0 saturated carbocycles.